The van der Waals surface area contributed by atoms with E-state index in [1.807, 2.05) is 31.2 Å². The molecule has 1 aromatic rings. The summed E-state index contributed by atoms with van der Waals surface area (Å²) in [6.45, 7) is 3.82. The second kappa shape index (κ2) is 10.7. The Morgan fingerprint density at radius 3 is 2.35 bits per heavy atom. The van der Waals surface area contributed by atoms with E-state index >= 15 is 0 Å². The molecule has 146 valence electrons. The maximum absolute atomic E-state index is 11.9. The van der Waals surface area contributed by atoms with Crippen LogP contribution in [0.3, 0.4) is 0 Å². The van der Waals surface area contributed by atoms with E-state index in [2.05, 4.69) is 15.6 Å². The number of benzene rings is 1. The van der Waals surface area contributed by atoms with Crippen LogP contribution in [0.1, 0.15) is 48.5 Å². The smallest absolute Gasteiger partial charge is 0.253 e. The normalized spacial score (nSPS) is 15.9. The summed E-state index contributed by atoms with van der Waals surface area (Å²) in [5.41, 5.74) is 1.10. The van der Waals surface area contributed by atoms with Crippen LogP contribution >= 0.6 is 24.0 Å². The molecule has 7 heteroatoms. The van der Waals surface area contributed by atoms with Gasteiger partial charge in [-0.2, -0.15) is 0 Å². The van der Waals surface area contributed by atoms with Crippen LogP contribution in [0.4, 0.5) is 0 Å². The zero-order chi connectivity index (χ0) is 18.3. The Labute approximate surface area is 173 Å². The van der Waals surface area contributed by atoms with Crippen molar-refractivity contribution in [3.8, 4) is 0 Å². The topological polar surface area (TPSA) is 77.0 Å². The maximum atomic E-state index is 11.9. The van der Waals surface area contributed by atoms with E-state index in [0.717, 1.165) is 37.8 Å². The molecule has 0 unspecified atom stereocenters. The fraction of sp³-hybridized carbons (Fsp3) is 0.579. The van der Waals surface area contributed by atoms with E-state index in [-0.39, 0.29) is 29.9 Å². The average molecular weight is 474 g/mol. The van der Waals surface area contributed by atoms with E-state index < -0.39 is 5.60 Å². The third kappa shape index (κ3) is 6.75. The van der Waals surface area contributed by atoms with Gasteiger partial charge in [0.25, 0.3) is 5.91 Å². The average Bonchev–Trinajstić information content (AvgIpc) is 3.04. The van der Waals surface area contributed by atoms with E-state index in [1.54, 1.807) is 19.0 Å². The van der Waals surface area contributed by atoms with Crippen LogP contribution in [0.2, 0.25) is 0 Å². The molecule has 6 nitrogen and oxygen atoms in total. The number of carbonyl (C=O) groups is 1. The first-order valence-electron chi connectivity index (χ1n) is 8.99. The predicted molar refractivity (Wildman–Crippen MR) is 116 cm³/mol. The van der Waals surface area contributed by atoms with Crippen molar-refractivity contribution >= 4 is 35.8 Å². The van der Waals surface area contributed by atoms with Gasteiger partial charge in [-0.15, -0.1) is 24.0 Å². The van der Waals surface area contributed by atoms with Crippen LogP contribution in [0.25, 0.3) is 0 Å². The van der Waals surface area contributed by atoms with Crippen molar-refractivity contribution in [2.75, 3.05) is 27.2 Å². The van der Waals surface area contributed by atoms with Gasteiger partial charge in [-0.3, -0.25) is 4.79 Å². The fourth-order valence-electron chi connectivity index (χ4n) is 2.98. The Morgan fingerprint density at radius 2 is 1.81 bits per heavy atom. The molecule has 26 heavy (non-hydrogen) atoms. The first kappa shape index (κ1) is 22.7. The van der Waals surface area contributed by atoms with E-state index in [1.165, 1.54) is 0 Å². The number of amides is 1. The van der Waals surface area contributed by atoms with Gasteiger partial charge in [-0.1, -0.05) is 25.0 Å². The molecule has 0 saturated heterocycles. The Balaban J connectivity index is 0.00000338. The molecule has 3 N–H and O–H groups in total. The number of hydrogen-bond acceptors (Lipinski definition) is 3. The number of hydrogen-bond donors (Lipinski definition) is 3. The second-order valence-electron chi connectivity index (χ2n) is 6.88. The predicted octanol–water partition coefficient (Wildman–Crippen LogP) is 2.37. The number of halogens is 1. The minimum atomic E-state index is -0.607. The molecule has 0 atom stereocenters. The monoisotopic (exact) mass is 474 g/mol. The lowest BCUT2D eigenvalue weighted by molar-refractivity contribution is 0.0522. The number of nitrogens with one attached hydrogen (secondary N) is 2. The van der Waals surface area contributed by atoms with Crippen molar-refractivity contribution < 1.29 is 9.90 Å². The van der Waals surface area contributed by atoms with Crippen molar-refractivity contribution in [3.63, 3.8) is 0 Å². The first-order chi connectivity index (χ1) is 11.9. The van der Waals surface area contributed by atoms with Gasteiger partial charge < -0.3 is 20.6 Å². The Bertz CT molecular complexity index is 596. The van der Waals surface area contributed by atoms with Crippen molar-refractivity contribution in [3.05, 3.63) is 35.4 Å². The Hall–Kier alpha value is -1.35. The highest BCUT2D eigenvalue weighted by atomic mass is 127. The lowest BCUT2D eigenvalue weighted by atomic mass is 10.0. The molecule has 1 aliphatic rings. The summed E-state index contributed by atoms with van der Waals surface area (Å²) in [7, 11) is 3.49. The summed E-state index contributed by atoms with van der Waals surface area (Å²) in [5.74, 6) is 0.700. The lowest BCUT2D eigenvalue weighted by Gasteiger charge is -2.23. The molecule has 0 spiro atoms. The van der Waals surface area contributed by atoms with Gasteiger partial charge in [0.05, 0.1) is 12.1 Å². The summed E-state index contributed by atoms with van der Waals surface area (Å²) in [6.07, 6.45) is 3.87. The largest absolute Gasteiger partial charge is 0.388 e. The van der Waals surface area contributed by atoms with Crippen LogP contribution in [-0.4, -0.2) is 54.7 Å². The highest BCUT2D eigenvalue weighted by Crippen LogP contribution is 2.28. The molecular formula is C19H31IN4O2. The molecule has 0 aromatic heterocycles. The minimum absolute atomic E-state index is 0. The van der Waals surface area contributed by atoms with Gasteiger partial charge in [-0.25, -0.2) is 4.99 Å². The van der Waals surface area contributed by atoms with Gasteiger partial charge in [0.2, 0.25) is 0 Å². The summed E-state index contributed by atoms with van der Waals surface area (Å²) in [5, 5.41) is 16.9. The van der Waals surface area contributed by atoms with E-state index in [0.29, 0.717) is 24.6 Å². The summed E-state index contributed by atoms with van der Waals surface area (Å²) in [6, 6.07) is 7.51. The minimum Gasteiger partial charge on any atom is -0.388 e. The number of carbonyl (C=O) groups excluding carboxylic acids is 1. The molecule has 1 amide bonds. The van der Waals surface area contributed by atoms with Gasteiger partial charge >= 0.3 is 0 Å². The molecule has 1 aliphatic carbocycles. The highest BCUT2D eigenvalue weighted by molar-refractivity contribution is 14.0. The number of aliphatic imine (C=N–C) groups is 1. The Kier molecular flexibility index (Phi) is 9.35. The zero-order valence-corrected chi connectivity index (χ0v) is 18.2. The van der Waals surface area contributed by atoms with Gasteiger partial charge in [0.1, 0.15) is 0 Å². The quantitative estimate of drug-likeness (QED) is 0.336. The number of nitrogens with zero attached hydrogens (tertiary/aromatic N) is 2. The molecule has 0 bridgehead atoms. The molecule has 0 aliphatic heterocycles. The molecule has 0 radical (unpaired) electrons. The first-order valence-corrected chi connectivity index (χ1v) is 8.99. The van der Waals surface area contributed by atoms with Gasteiger partial charge in [0.15, 0.2) is 5.96 Å². The van der Waals surface area contributed by atoms with Crippen molar-refractivity contribution in [1.82, 2.24) is 15.5 Å². The van der Waals surface area contributed by atoms with Crippen LogP contribution in [0, 0.1) is 0 Å². The lowest BCUT2D eigenvalue weighted by Crippen LogP contribution is -2.46. The Morgan fingerprint density at radius 1 is 1.19 bits per heavy atom. The molecule has 1 saturated carbocycles. The van der Waals surface area contributed by atoms with Crippen LogP contribution < -0.4 is 10.6 Å². The number of rotatable bonds is 6. The zero-order valence-electron chi connectivity index (χ0n) is 15.9. The van der Waals surface area contributed by atoms with E-state index in [9.17, 15) is 9.90 Å². The third-order valence-corrected chi connectivity index (χ3v) is 4.49. The van der Waals surface area contributed by atoms with Gasteiger partial charge in [-0.05, 0) is 37.5 Å². The van der Waals surface area contributed by atoms with Gasteiger partial charge in [0, 0.05) is 32.7 Å². The van der Waals surface area contributed by atoms with Crippen LogP contribution in [-0.2, 0) is 6.54 Å². The third-order valence-electron chi connectivity index (χ3n) is 4.49. The van der Waals surface area contributed by atoms with Crippen molar-refractivity contribution in [1.29, 1.82) is 0 Å². The highest BCUT2D eigenvalue weighted by Gasteiger charge is 2.30. The summed E-state index contributed by atoms with van der Waals surface area (Å²) >= 11 is 0. The van der Waals surface area contributed by atoms with Crippen LogP contribution in [0.5, 0.6) is 0 Å². The van der Waals surface area contributed by atoms with E-state index in [4.69, 9.17) is 0 Å². The molecule has 2 rings (SSSR count). The molecule has 1 fully saturated rings. The maximum Gasteiger partial charge on any atom is 0.253 e. The second-order valence-corrected chi connectivity index (χ2v) is 6.88. The number of guanidine groups is 1. The number of aliphatic hydroxyl groups is 1. The standard InChI is InChI=1S/C19H30N4O2.HI/c1-4-20-18(22-14-19(25)11-5-6-12-19)21-13-15-7-9-16(10-8-15)17(24)23(2)3;/h7-10,25H,4-6,11-14H2,1-3H3,(H2,20,21,22);1H. The summed E-state index contributed by atoms with van der Waals surface area (Å²) < 4.78 is 0. The fourth-order valence-corrected chi connectivity index (χ4v) is 2.98. The molecular weight excluding hydrogens is 443 g/mol. The van der Waals surface area contributed by atoms with Crippen molar-refractivity contribution in [2.24, 2.45) is 4.99 Å². The molecule has 0 heterocycles. The SMILES string of the molecule is CCNC(=NCc1ccc(C(=O)N(C)C)cc1)NCC1(O)CCCC1.I. The van der Waals surface area contributed by atoms with Crippen LogP contribution in [0.15, 0.2) is 29.3 Å². The summed E-state index contributed by atoms with van der Waals surface area (Å²) in [4.78, 5) is 18.0. The van der Waals surface area contributed by atoms with Crippen molar-refractivity contribution in [2.45, 2.75) is 44.8 Å². The molecule has 1 aromatic carbocycles.